The van der Waals surface area contributed by atoms with Gasteiger partial charge in [0.2, 0.25) is 0 Å². The molecule has 0 amide bonds. The number of hydrogen-bond donors (Lipinski definition) is 1. The van der Waals surface area contributed by atoms with E-state index in [1.54, 1.807) is 6.07 Å². The maximum atomic E-state index is 12.4. The molecule has 0 saturated heterocycles. The molecule has 2 aliphatic carbocycles. The van der Waals surface area contributed by atoms with Gasteiger partial charge in [-0.2, -0.15) is 0 Å². The fraction of sp³-hybridized carbons (Fsp3) is 0.611. The number of phenolic OH excluding ortho intramolecular Hbond substituents is 1. The normalized spacial score (nSPS) is 34.7. The summed E-state index contributed by atoms with van der Waals surface area (Å²) in [7, 11) is 1.49. The van der Waals surface area contributed by atoms with Crippen LogP contribution in [0.2, 0.25) is 0 Å². The number of fused-ring (bicyclic) bond motifs is 3. The van der Waals surface area contributed by atoms with E-state index in [0.29, 0.717) is 5.75 Å². The monoisotopic (exact) mass is 288 g/mol. The first-order chi connectivity index (χ1) is 9.91. The van der Waals surface area contributed by atoms with Crippen LogP contribution in [-0.2, 0) is 21.4 Å². The van der Waals surface area contributed by atoms with Crippen molar-refractivity contribution in [1.29, 1.82) is 0 Å². The number of hydrogen-bond acceptors (Lipinski definition) is 3. The van der Waals surface area contributed by atoms with Crippen LogP contribution in [0.25, 0.3) is 0 Å². The molecule has 0 spiro atoms. The largest absolute Gasteiger partial charge is 0.508 e. The van der Waals surface area contributed by atoms with Crippen LogP contribution in [-0.4, -0.2) is 18.2 Å². The van der Waals surface area contributed by atoms with E-state index in [1.807, 2.05) is 12.1 Å². The summed E-state index contributed by atoms with van der Waals surface area (Å²) in [6.45, 7) is 4.32. The number of carbonyl (C=O) groups is 1. The van der Waals surface area contributed by atoms with Crippen molar-refractivity contribution in [3.63, 3.8) is 0 Å². The van der Waals surface area contributed by atoms with Crippen molar-refractivity contribution in [3.05, 3.63) is 29.3 Å². The van der Waals surface area contributed by atoms with Crippen LogP contribution in [0.5, 0.6) is 5.75 Å². The summed E-state index contributed by atoms with van der Waals surface area (Å²) >= 11 is 0. The molecule has 1 N–H and O–H groups in total. The van der Waals surface area contributed by atoms with Crippen molar-refractivity contribution in [3.8, 4) is 5.75 Å². The summed E-state index contributed by atoms with van der Waals surface area (Å²) in [5.74, 6) is 0.517. The Morgan fingerprint density at radius 2 is 2.10 bits per heavy atom. The molecule has 3 atom stereocenters. The fourth-order valence-electron chi connectivity index (χ4n) is 4.93. The van der Waals surface area contributed by atoms with E-state index in [1.165, 1.54) is 18.2 Å². The average Bonchev–Trinajstić information content (AvgIpc) is 2.46. The molecule has 0 bridgehead atoms. The highest BCUT2D eigenvalue weighted by Crippen LogP contribution is 2.57. The van der Waals surface area contributed by atoms with Crippen LogP contribution in [0.3, 0.4) is 0 Å². The van der Waals surface area contributed by atoms with Crippen molar-refractivity contribution in [2.24, 2.45) is 11.3 Å². The van der Waals surface area contributed by atoms with Crippen molar-refractivity contribution in [2.45, 2.75) is 51.4 Å². The van der Waals surface area contributed by atoms with Gasteiger partial charge in [-0.1, -0.05) is 19.4 Å². The Kier molecular flexibility index (Phi) is 3.27. The smallest absolute Gasteiger partial charge is 0.311 e. The second kappa shape index (κ2) is 4.75. The lowest BCUT2D eigenvalue weighted by molar-refractivity contribution is -0.161. The van der Waals surface area contributed by atoms with Gasteiger partial charge in [-0.3, -0.25) is 4.79 Å². The SMILES string of the molecule is COC(=O)[C@@]1(C)CCCC2(C)c3cc(O)ccc3CCC21. The molecule has 1 saturated carbocycles. The topological polar surface area (TPSA) is 46.5 Å². The van der Waals surface area contributed by atoms with Gasteiger partial charge in [0.05, 0.1) is 12.5 Å². The zero-order chi connectivity index (χ0) is 15.3. The van der Waals surface area contributed by atoms with E-state index in [9.17, 15) is 9.90 Å². The number of rotatable bonds is 1. The molecule has 2 aliphatic rings. The maximum absolute atomic E-state index is 12.4. The molecule has 2 unspecified atom stereocenters. The van der Waals surface area contributed by atoms with E-state index in [2.05, 4.69) is 13.8 Å². The summed E-state index contributed by atoms with van der Waals surface area (Å²) in [4.78, 5) is 12.4. The molecular formula is C18H24O3. The van der Waals surface area contributed by atoms with Gasteiger partial charge in [0.1, 0.15) is 5.75 Å². The Morgan fingerprint density at radius 1 is 1.33 bits per heavy atom. The quantitative estimate of drug-likeness (QED) is 0.803. The fourth-order valence-corrected chi connectivity index (χ4v) is 4.93. The van der Waals surface area contributed by atoms with Gasteiger partial charge in [-0.15, -0.1) is 0 Å². The van der Waals surface area contributed by atoms with E-state index in [0.717, 1.165) is 32.1 Å². The van der Waals surface area contributed by atoms with E-state index >= 15 is 0 Å². The molecule has 3 nitrogen and oxygen atoms in total. The van der Waals surface area contributed by atoms with Crippen LogP contribution >= 0.6 is 0 Å². The van der Waals surface area contributed by atoms with E-state index in [-0.39, 0.29) is 17.3 Å². The van der Waals surface area contributed by atoms with Crippen molar-refractivity contribution >= 4 is 5.97 Å². The summed E-state index contributed by atoms with van der Waals surface area (Å²) < 4.78 is 5.11. The molecule has 1 fully saturated rings. The van der Waals surface area contributed by atoms with Crippen LogP contribution in [0.1, 0.15) is 50.7 Å². The number of esters is 1. The summed E-state index contributed by atoms with van der Waals surface area (Å²) in [6, 6.07) is 5.71. The van der Waals surface area contributed by atoms with Gasteiger partial charge < -0.3 is 9.84 Å². The number of methoxy groups -OCH3 is 1. The molecule has 0 radical (unpaired) electrons. The van der Waals surface area contributed by atoms with Gasteiger partial charge in [0.25, 0.3) is 0 Å². The van der Waals surface area contributed by atoms with Gasteiger partial charge in [-0.05, 0) is 67.2 Å². The summed E-state index contributed by atoms with van der Waals surface area (Å²) in [5, 5.41) is 9.89. The Balaban J connectivity index is 2.10. The van der Waals surface area contributed by atoms with Crippen molar-refractivity contribution < 1.29 is 14.6 Å². The van der Waals surface area contributed by atoms with Crippen LogP contribution < -0.4 is 0 Å². The van der Waals surface area contributed by atoms with Gasteiger partial charge >= 0.3 is 5.97 Å². The Hall–Kier alpha value is -1.51. The van der Waals surface area contributed by atoms with E-state index in [4.69, 9.17) is 4.74 Å². The number of phenols is 1. The molecule has 0 aliphatic heterocycles. The third kappa shape index (κ3) is 1.97. The number of carbonyl (C=O) groups excluding carboxylic acids is 1. The number of aromatic hydroxyl groups is 1. The molecule has 3 rings (SSSR count). The van der Waals surface area contributed by atoms with Crippen molar-refractivity contribution in [2.75, 3.05) is 7.11 Å². The van der Waals surface area contributed by atoms with Gasteiger partial charge in [-0.25, -0.2) is 0 Å². The molecular weight excluding hydrogens is 264 g/mol. The van der Waals surface area contributed by atoms with Gasteiger partial charge in [0, 0.05) is 0 Å². The lowest BCUT2D eigenvalue weighted by Gasteiger charge is -2.54. The Labute approximate surface area is 126 Å². The highest BCUT2D eigenvalue weighted by Gasteiger charge is 2.55. The van der Waals surface area contributed by atoms with Crippen LogP contribution in [0.15, 0.2) is 18.2 Å². The highest BCUT2D eigenvalue weighted by molar-refractivity contribution is 5.77. The first kappa shape index (κ1) is 14.4. The number of aryl methyl sites for hydroxylation is 1. The predicted octanol–water partition coefficient (Wildman–Crippen LogP) is 3.58. The molecule has 0 aromatic heterocycles. The highest BCUT2D eigenvalue weighted by atomic mass is 16.5. The zero-order valence-electron chi connectivity index (χ0n) is 13.1. The minimum atomic E-state index is -0.412. The minimum Gasteiger partial charge on any atom is -0.508 e. The third-order valence-corrected chi connectivity index (χ3v) is 5.99. The molecule has 1 aromatic rings. The maximum Gasteiger partial charge on any atom is 0.311 e. The van der Waals surface area contributed by atoms with E-state index < -0.39 is 5.41 Å². The zero-order valence-corrected chi connectivity index (χ0v) is 13.1. The standard InChI is InChI=1S/C18H24O3/c1-17-9-4-10-18(2,16(20)21-3)15(17)8-6-12-5-7-13(19)11-14(12)17/h5,7,11,15,19H,4,6,8-10H2,1-3H3/t15?,17?,18-/m0/s1. The Bertz CT molecular complexity index is 580. The van der Waals surface area contributed by atoms with Crippen LogP contribution in [0.4, 0.5) is 0 Å². The van der Waals surface area contributed by atoms with Gasteiger partial charge in [0.15, 0.2) is 0 Å². The molecule has 21 heavy (non-hydrogen) atoms. The second-order valence-electron chi connectivity index (χ2n) is 7.11. The average molecular weight is 288 g/mol. The molecule has 114 valence electrons. The number of benzene rings is 1. The molecule has 0 heterocycles. The first-order valence-corrected chi connectivity index (χ1v) is 7.82. The molecule has 3 heteroatoms. The predicted molar refractivity (Wildman–Crippen MR) is 81.2 cm³/mol. The Morgan fingerprint density at radius 3 is 2.81 bits per heavy atom. The number of ether oxygens (including phenoxy) is 1. The van der Waals surface area contributed by atoms with Crippen molar-refractivity contribution in [1.82, 2.24) is 0 Å². The van der Waals surface area contributed by atoms with Crippen LogP contribution in [0, 0.1) is 11.3 Å². The second-order valence-corrected chi connectivity index (χ2v) is 7.11. The molecule has 1 aromatic carbocycles. The summed E-state index contributed by atoms with van der Waals surface area (Å²) in [6.07, 6.45) is 4.98. The summed E-state index contributed by atoms with van der Waals surface area (Å²) in [5.41, 5.74) is 2.09. The minimum absolute atomic E-state index is 0.0481. The third-order valence-electron chi connectivity index (χ3n) is 5.99. The first-order valence-electron chi connectivity index (χ1n) is 7.82. The lowest BCUT2D eigenvalue weighted by Crippen LogP contribution is -2.52. The lowest BCUT2D eigenvalue weighted by atomic mass is 9.50.